The molecule has 1 amide bonds. The highest BCUT2D eigenvalue weighted by atomic mass is 16.5. The monoisotopic (exact) mass is 260 g/mol. The number of amides is 1. The van der Waals surface area contributed by atoms with Crippen LogP contribution in [0.2, 0.25) is 0 Å². The lowest BCUT2D eigenvalue weighted by molar-refractivity contribution is -0.122. The van der Waals surface area contributed by atoms with Crippen molar-refractivity contribution in [2.45, 2.75) is 12.6 Å². The van der Waals surface area contributed by atoms with Gasteiger partial charge in [0.15, 0.2) is 11.6 Å². The van der Waals surface area contributed by atoms with E-state index in [-0.39, 0.29) is 18.5 Å². The molecule has 98 valence electrons. The minimum atomic E-state index is -0.281. The Morgan fingerprint density at radius 2 is 2.53 bits per heavy atom. The molecule has 0 bridgehead atoms. The third-order valence-electron chi connectivity index (χ3n) is 2.69. The molecule has 1 aliphatic heterocycles. The molecule has 7 nitrogen and oxygen atoms in total. The third-order valence-corrected chi connectivity index (χ3v) is 2.69. The highest BCUT2D eigenvalue weighted by Gasteiger charge is 2.18. The van der Waals surface area contributed by atoms with Gasteiger partial charge >= 0.3 is 0 Å². The van der Waals surface area contributed by atoms with Crippen molar-refractivity contribution < 1.29 is 13.7 Å². The van der Waals surface area contributed by atoms with E-state index in [1.54, 1.807) is 12.1 Å². The fourth-order valence-electron chi connectivity index (χ4n) is 1.75. The Hall–Kier alpha value is -2.41. The van der Waals surface area contributed by atoms with Crippen LogP contribution in [0.5, 0.6) is 0 Å². The molecule has 2 N–H and O–H groups in total. The summed E-state index contributed by atoms with van der Waals surface area (Å²) in [6.45, 7) is 0.929. The Morgan fingerprint density at radius 3 is 3.26 bits per heavy atom. The number of nitrogens with one attached hydrogen (secondary N) is 2. The zero-order chi connectivity index (χ0) is 13.1. The molecule has 0 radical (unpaired) electrons. The molecule has 3 rings (SSSR count). The van der Waals surface area contributed by atoms with E-state index in [1.165, 1.54) is 6.26 Å². The first-order valence-corrected chi connectivity index (χ1v) is 5.87. The Kier molecular flexibility index (Phi) is 3.11. The van der Waals surface area contributed by atoms with Gasteiger partial charge in [-0.05, 0) is 12.1 Å². The molecule has 2 aromatic heterocycles. The van der Waals surface area contributed by atoms with E-state index in [9.17, 15) is 4.79 Å². The van der Waals surface area contributed by atoms with Gasteiger partial charge in [-0.15, -0.1) is 0 Å². The van der Waals surface area contributed by atoms with Crippen LogP contribution in [0, 0.1) is 0 Å². The predicted octanol–water partition coefficient (Wildman–Crippen LogP) is 0.474. The number of aromatic nitrogens is 2. The van der Waals surface area contributed by atoms with Gasteiger partial charge in [0, 0.05) is 6.54 Å². The second kappa shape index (κ2) is 5.07. The second-order valence-electron chi connectivity index (χ2n) is 4.02. The minimum absolute atomic E-state index is 0.113. The lowest BCUT2D eigenvalue weighted by Gasteiger charge is -2.08. The van der Waals surface area contributed by atoms with Gasteiger partial charge in [-0.2, -0.15) is 4.98 Å². The molecule has 0 aromatic carbocycles. The molecule has 0 spiro atoms. The average Bonchev–Trinajstić information content (AvgIpc) is 3.14. The van der Waals surface area contributed by atoms with Gasteiger partial charge in [-0.3, -0.25) is 10.1 Å². The van der Waals surface area contributed by atoms with E-state index < -0.39 is 0 Å². The largest absolute Gasteiger partial charge is 0.459 e. The molecule has 0 fully saturated rings. The Labute approximate surface area is 108 Å². The molecule has 0 saturated heterocycles. The maximum absolute atomic E-state index is 11.7. The second-order valence-corrected chi connectivity index (χ2v) is 4.02. The lowest BCUT2D eigenvalue weighted by Crippen LogP contribution is -2.40. The topological polar surface area (TPSA) is 93.2 Å². The van der Waals surface area contributed by atoms with Crippen LogP contribution < -0.4 is 10.6 Å². The number of hydrogen-bond donors (Lipinski definition) is 2. The molecule has 1 aliphatic rings. The van der Waals surface area contributed by atoms with Gasteiger partial charge in [0.25, 0.3) is 5.89 Å². The summed E-state index contributed by atoms with van der Waals surface area (Å²) in [6.07, 6.45) is 5.26. The van der Waals surface area contributed by atoms with Crippen molar-refractivity contribution >= 4 is 5.91 Å². The molecular weight excluding hydrogens is 248 g/mol. The van der Waals surface area contributed by atoms with Crippen molar-refractivity contribution in [2.24, 2.45) is 0 Å². The van der Waals surface area contributed by atoms with Crippen LogP contribution in [0.25, 0.3) is 11.7 Å². The van der Waals surface area contributed by atoms with Gasteiger partial charge in [-0.25, -0.2) is 0 Å². The molecule has 0 unspecified atom stereocenters. The number of hydrogen-bond acceptors (Lipinski definition) is 6. The summed E-state index contributed by atoms with van der Waals surface area (Å²) in [5.41, 5.74) is 0. The van der Waals surface area contributed by atoms with Crippen LogP contribution in [-0.4, -0.2) is 28.6 Å². The highest BCUT2D eigenvalue weighted by Crippen LogP contribution is 2.16. The fraction of sp³-hybridized carbons (Fsp3) is 0.250. The molecule has 19 heavy (non-hydrogen) atoms. The smallest absolute Gasteiger partial charge is 0.293 e. The van der Waals surface area contributed by atoms with E-state index in [2.05, 4.69) is 20.8 Å². The van der Waals surface area contributed by atoms with Gasteiger partial charge in [0.1, 0.15) is 6.04 Å². The normalized spacial score (nSPS) is 17.8. The van der Waals surface area contributed by atoms with Gasteiger partial charge in [-0.1, -0.05) is 17.3 Å². The molecule has 0 saturated carbocycles. The summed E-state index contributed by atoms with van der Waals surface area (Å²) in [7, 11) is 0. The van der Waals surface area contributed by atoms with Crippen molar-refractivity contribution in [2.75, 3.05) is 6.54 Å². The first-order chi connectivity index (χ1) is 9.33. The number of carbonyl (C=O) groups is 1. The molecule has 2 aromatic rings. The van der Waals surface area contributed by atoms with Crippen LogP contribution in [-0.2, 0) is 11.3 Å². The van der Waals surface area contributed by atoms with E-state index >= 15 is 0 Å². The van der Waals surface area contributed by atoms with Gasteiger partial charge in [0.2, 0.25) is 5.91 Å². The van der Waals surface area contributed by atoms with Crippen molar-refractivity contribution in [1.82, 2.24) is 20.8 Å². The number of rotatable bonds is 4. The predicted molar refractivity (Wildman–Crippen MR) is 64.8 cm³/mol. The maximum Gasteiger partial charge on any atom is 0.293 e. The van der Waals surface area contributed by atoms with Crippen molar-refractivity contribution in [3.8, 4) is 11.7 Å². The summed E-state index contributed by atoms with van der Waals surface area (Å²) in [5, 5.41) is 9.52. The highest BCUT2D eigenvalue weighted by molar-refractivity contribution is 5.84. The van der Waals surface area contributed by atoms with Gasteiger partial charge in [0.05, 0.1) is 12.8 Å². The van der Waals surface area contributed by atoms with Crippen LogP contribution >= 0.6 is 0 Å². The Bertz CT molecular complexity index is 588. The van der Waals surface area contributed by atoms with Crippen LogP contribution in [0.4, 0.5) is 0 Å². The standard InChI is InChI=1S/C12H12N4O3/c17-11(8-3-1-5-13-8)14-7-10-15-12(19-16-10)9-4-2-6-18-9/h1-4,6,8,13H,5,7H2,(H,14,17)/t8-/m0/s1. The molecule has 3 heterocycles. The van der Waals surface area contributed by atoms with Crippen molar-refractivity contribution in [3.05, 3.63) is 36.4 Å². The molecule has 0 aliphatic carbocycles. The molecule has 7 heteroatoms. The fourth-order valence-corrected chi connectivity index (χ4v) is 1.75. The third kappa shape index (κ3) is 2.55. The number of carbonyl (C=O) groups excluding carboxylic acids is 1. The summed E-state index contributed by atoms with van der Waals surface area (Å²) in [5.74, 6) is 1.10. The number of nitrogens with zero attached hydrogens (tertiary/aromatic N) is 2. The van der Waals surface area contributed by atoms with Crippen LogP contribution in [0.3, 0.4) is 0 Å². The lowest BCUT2D eigenvalue weighted by atomic mass is 10.3. The molecular formula is C12H12N4O3. The average molecular weight is 260 g/mol. The maximum atomic E-state index is 11.7. The van der Waals surface area contributed by atoms with Gasteiger partial charge < -0.3 is 14.3 Å². The Morgan fingerprint density at radius 1 is 1.58 bits per heavy atom. The first kappa shape index (κ1) is 11.7. The number of furan rings is 1. The minimum Gasteiger partial charge on any atom is -0.459 e. The first-order valence-electron chi connectivity index (χ1n) is 5.87. The van der Waals surface area contributed by atoms with E-state index in [4.69, 9.17) is 8.94 Å². The van der Waals surface area contributed by atoms with Crippen LogP contribution in [0.1, 0.15) is 5.82 Å². The SMILES string of the molecule is O=C(NCc1noc(-c2ccco2)n1)[C@@H]1C=CCN1. The summed E-state index contributed by atoms with van der Waals surface area (Å²) in [6, 6.07) is 3.18. The molecule has 1 atom stereocenters. The summed E-state index contributed by atoms with van der Waals surface area (Å²) < 4.78 is 10.2. The van der Waals surface area contributed by atoms with Crippen molar-refractivity contribution in [3.63, 3.8) is 0 Å². The van der Waals surface area contributed by atoms with E-state index in [1.807, 2.05) is 12.2 Å². The van der Waals surface area contributed by atoms with E-state index in [0.717, 1.165) is 0 Å². The summed E-state index contributed by atoms with van der Waals surface area (Å²) >= 11 is 0. The van der Waals surface area contributed by atoms with E-state index in [0.29, 0.717) is 24.0 Å². The zero-order valence-electron chi connectivity index (χ0n) is 10.00. The summed E-state index contributed by atoms with van der Waals surface area (Å²) in [4.78, 5) is 15.9. The zero-order valence-corrected chi connectivity index (χ0v) is 10.00. The van der Waals surface area contributed by atoms with Crippen LogP contribution in [0.15, 0.2) is 39.5 Å². The van der Waals surface area contributed by atoms with Crippen molar-refractivity contribution in [1.29, 1.82) is 0 Å². The quantitative estimate of drug-likeness (QED) is 0.776. The Balaban J connectivity index is 1.58.